The molecular formula is C18H28N4O2. The van der Waals surface area contributed by atoms with E-state index in [9.17, 15) is 4.79 Å². The van der Waals surface area contributed by atoms with Gasteiger partial charge in [0.2, 0.25) is 0 Å². The lowest BCUT2D eigenvalue weighted by molar-refractivity contribution is 0.0490. The summed E-state index contributed by atoms with van der Waals surface area (Å²) in [5, 5.41) is 6.40. The Labute approximate surface area is 143 Å². The molecule has 2 aliphatic rings. The van der Waals surface area contributed by atoms with Gasteiger partial charge in [-0.3, -0.25) is 0 Å². The lowest BCUT2D eigenvalue weighted by Crippen LogP contribution is -2.41. The Morgan fingerprint density at radius 3 is 2.96 bits per heavy atom. The van der Waals surface area contributed by atoms with Gasteiger partial charge in [-0.15, -0.1) is 0 Å². The second kappa shape index (κ2) is 7.05. The fraction of sp³-hybridized carbons (Fsp3) is 0.722. The molecule has 24 heavy (non-hydrogen) atoms. The number of hydrogen-bond acceptors (Lipinski definition) is 5. The fourth-order valence-corrected chi connectivity index (χ4v) is 3.70. The third-order valence-corrected chi connectivity index (χ3v) is 4.69. The maximum Gasteiger partial charge on any atom is 0.407 e. The number of nitrogens with one attached hydrogen (secondary N) is 2. The molecule has 1 aliphatic carbocycles. The van der Waals surface area contributed by atoms with E-state index in [2.05, 4.69) is 20.6 Å². The molecule has 132 valence electrons. The van der Waals surface area contributed by atoms with E-state index in [1.807, 2.05) is 20.8 Å². The zero-order valence-electron chi connectivity index (χ0n) is 14.9. The van der Waals surface area contributed by atoms with Crippen LogP contribution in [0.5, 0.6) is 0 Å². The Hall–Kier alpha value is -1.69. The first-order valence-corrected chi connectivity index (χ1v) is 8.95. The summed E-state index contributed by atoms with van der Waals surface area (Å²) in [5.41, 5.74) is 3.18. The van der Waals surface area contributed by atoms with Gasteiger partial charge in [0.25, 0.3) is 0 Å². The number of carbonyl (C=O) groups is 1. The van der Waals surface area contributed by atoms with Gasteiger partial charge in [-0.05, 0) is 58.6 Å². The van der Waals surface area contributed by atoms with Gasteiger partial charge < -0.3 is 15.4 Å². The van der Waals surface area contributed by atoms with E-state index in [1.165, 1.54) is 11.3 Å². The summed E-state index contributed by atoms with van der Waals surface area (Å²) < 4.78 is 5.39. The number of ether oxygens (including phenoxy) is 1. The highest BCUT2D eigenvalue weighted by Gasteiger charge is 2.29. The second-order valence-electron chi connectivity index (χ2n) is 7.82. The standard InChI is InChI=1S/C18H28N4O2/c1-18(2,3)24-17(23)22-13-6-4-5-12(9-13)16-14-7-8-19-10-15(14)20-11-21-16/h11-13,19H,4-10H2,1-3H3,(H,22,23). The summed E-state index contributed by atoms with van der Waals surface area (Å²) in [6, 6.07) is 0.158. The zero-order chi connectivity index (χ0) is 17.2. The van der Waals surface area contributed by atoms with Gasteiger partial charge >= 0.3 is 6.09 Å². The van der Waals surface area contributed by atoms with E-state index in [0.29, 0.717) is 5.92 Å². The van der Waals surface area contributed by atoms with Crippen molar-refractivity contribution < 1.29 is 9.53 Å². The number of amides is 1. The van der Waals surface area contributed by atoms with E-state index in [-0.39, 0.29) is 12.1 Å². The van der Waals surface area contributed by atoms with Crippen LogP contribution in [0.15, 0.2) is 6.33 Å². The number of fused-ring (bicyclic) bond motifs is 1. The highest BCUT2D eigenvalue weighted by molar-refractivity contribution is 5.68. The molecule has 0 aromatic carbocycles. The molecule has 6 heteroatoms. The van der Waals surface area contributed by atoms with Crippen molar-refractivity contribution in [3.05, 3.63) is 23.3 Å². The molecule has 0 spiro atoms. The summed E-state index contributed by atoms with van der Waals surface area (Å²) in [7, 11) is 0. The molecule has 1 aromatic heterocycles. The average Bonchev–Trinajstić information content (AvgIpc) is 2.52. The van der Waals surface area contributed by atoms with Crippen LogP contribution in [0.3, 0.4) is 0 Å². The van der Waals surface area contributed by atoms with Crippen LogP contribution in [0, 0.1) is 0 Å². The number of nitrogens with zero attached hydrogens (tertiary/aromatic N) is 2. The molecule has 1 amide bonds. The maximum atomic E-state index is 12.0. The summed E-state index contributed by atoms with van der Waals surface area (Å²) >= 11 is 0. The maximum absolute atomic E-state index is 12.0. The van der Waals surface area contributed by atoms with Crippen LogP contribution < -0.4 is 10.6 Å². The Kier molecular flexibility index (Phi) is 5.04. The van der Waals surface area contributed by atoms with Crippen molar-refractivity contribution in [2.45, 2.75) is 77.0 Å². The first-order chi connectivity index (χ1) is 11.4. The molecule has 2 N–H and O–H groups in total. The Bertz CT molecular complexity index is 597. The third-order valence-electron chi connectivity index (χ3n) is 4.69. The normalized spacial score (nSPS) is 24.1. The highest BCUT2D eigenvalue weighted by atomic mass is 16.6. The van der Waals surface area contributed by atoms with Crippen LogP contribution in [-0.2, 0) is 17.7 Å². The van der Waals surface area contributed by atoms with E-state index in [0.717, 1.165) is 50.9 Å². The topological polar surface area (TPSA) is 76.1 Å². The fourth-order valence-electron chi connectivity index (χ4n) is 3.70. The summed E-state index contributed by atoms with van der Waals surface area (Å²) in [6.07, 6.45) is 6.52. The van der Waals surface area contributed by atoms with E-state index < -0.39 is 5.60 Å². The Morgan fingerprint density at radius 2 is 2.17 bits per heavy atom. The molecule has 0 saturated heterocycles. The molecule has 0 radical (unpaired) electrons. The van der Waals surface area contributed by atoms with Gasteiger partial charge in [0.15, 0.2) is 0 Å². The molecule has 6 nitrogen and oxygen atoms in total. The molecule has 0 bridgehead atoms. The van der Waals surface area contributed by atoms with Gasteiger partial charge in [0.1, 0.15) is 11.9 Å². The van der Waals surface area contributed by atoms with Gasteiger partial charge in [0, 0.05) is 18.5 Å². The molecular weight excluding hydrogens is 304 g/mol. The van der Waals surface area contributed by atoms with Crippen LogP contribution in [0.4, 0.5) is 4.79 Å². The van der Waals surface area contributed by atoms with Crippen molar-refractivity contribution in [3.63, 3.8) is 0 Å². The van der Waals surface area contributed by atoms with Gasteiger partial charge in [-0.2, -0.15) is 0 Å². The molecule has 1 fully saturated rings. The number of rotatable bonds is 2. The molecule has 1 aliphatic heterocycles. The van der Waals surface area contributed by atoms with Crippen molar-refractivity contribution in [3.8, 4) is 0 Å². The van der Waals surface area contributed by atoms with Crippen molar-refractivity contribution in [1.29, 1.82) is 0 Å². The summed E-state index contributed by atoms with van der Waals surface area (Å²) in [4.78, 5) is 21.1. The van der Waals surface area contributed by atoms with Gasteiger partial charge in [0.05, 0.1) is 11.4 Å². The van der Waals surface area contributed by atoms with E-state index in [4.69, 9.17) is 4.74 Å². The van der Waals surface area contributed by atoms with Crippen LogP contribution in [0.2, 0.25) is 0 Å². The predicted molar refractivity (Wildman–Crippen MR) is 91.8 cm³/mol. The second-order valence-corrected chi connectivity index (χ2v) is 7.82. The number of hydrogen-bond donors (Lipinski definition) is 2. The minimum absolute atomic E-state index is 0.158. The SMILES string of the molecule is CC(C)(C)OC(=O)NC1CCCC(c2ncnc3c2CCNC3)C1. The number of aromatic nitrogens is 2. The van der Waals surface area contributed by atoms with E-state index >= 15 is 0 Å². The predicted octanol–water partition coefficient (Wildman–Crippen LogP) is 2.67. The first kappa shape index (κ1) is 17.1. The van der Waals surface area contributed by atoms with Crippen LogP contribution in [0.1, 0.15) is 69.3 Å². The molecule has 3 rings (SSSR count). The van der Waals surface area contributed by atoms with E-state index in [1.54, 1.807) is 6.33 Å². The van der Waals surface area contributed by atoms with Gasteiger partial charge in [-0.1, -0.05) is 6.42 Å². The Balaban J connectivity index is 1.67. The lowest BCUT2D eigenvalue weighted by Gasteiger charge is -2.32. The molecule has 1 aromatic rings. The first-order valence-electron chi connectivity index (χ1n) is 8.95. The monoisotopic (exact) mass is 332 g/mol. The average molecular weight is 332 g/mol. The van der Waals surface area contributed by atoms with Crippen LogP contribution in [-0.4, -0.2) is 34.2 Å². The molecule has 2 unspecified atom stereocenters. The number of alkyl carbamates (subject to hydrolysis) is 1. The molecule has 1 saturated carbocycles. The molecule has 2 atom stereocenters. The number of carbonyl (C=O) groups excluding carboxylic acids is 1. The van der Waals surface area contributed by atoms with Crippen LogP contribution in [0.25, 0.3) is 0 Å². The lowest BCUT2D eigenvalue weighted by atomic mass is 9.81. The van der Waals surface area contributed by atoms with Gasteiger partial charge in [-0.25, -0.2) is 14.8 Å². The summed E-state index contributed by atoms with van der Waals surface area (Å²) in [6.45, 7) is 7.48. The third kappa shape index (κ3) is 4.23. The van der Waals surface area contributed by atoms with Crippen molar-refractivity contribution in [2.75, 3.05) is 6.54 Å². The summed E-state index contributed by atoms with van der Waals surface area (Å²) in [5.74, 6) is 0.397. The van der Waals surface area contributed by atoms with Crippen molar-refractivity contribution in [2.24, 2.45) is 0 Å². The molecule has 2 heterocycles. The van der Waals surface area contributed by atoms with Crippen molar-refractivity contribution in [1.82, 2.24) is 20.6 Å². The minimum Gasteiger partial charge on any atom is -0.444 e. The minimum atomic E-state index is -0.461. The quantitative estimate of drug-likeness (QED) is 0.871. The Morgan fingerprint density at radius 1 is 1.33 bits per heavy atom. The van der Waals surface area contributed by atoms with Crippen molar-refractivity contribution >= 4 is 6.09 Å². The van der Waals surface area contributed by atoms with Crippen LogP contribution >= 0.6 is 0 Å². The zero-order valence-corrected chi connectivity index (χ0v) is 14.9. The largest absolute Gasteiger partial charge is 0.444 e. The highest BCUT2D eigenvalue weighted by Crippen LogP contribution is 2.34. The smallest absolute Gasteiger partial charge is 0.407 e.